The van der Waals surface area contributed by atoms with Gasteiger partial charge in [0.1, 0.15) is 0 Å². The molecular formula is C11H24ClN3O. The quantitative estimate of drug-likeness (QED) is 0.767. The third-order valence-electron chi connectivity index (χ3n) is 2.89. The molecular weight excluding hydrogens is 226 g/mol. The minimum Gasteiger partial charge on any atom is -0.356 e. The van der Waals surface area contributed by atoms with E-state index in [9.17, 15) is 4.79 Å². The summed E-state index contributed by atoms with van der Waals surface area (Å²) >= 11 is 0. The van der Waals surface area contributed by atoms with E-state index in [1.54, 1.807) is 6.92 Å². The van der Waals surface area contributed by atoms with E-state index in [4.69, 9.17) is 5.73 Å². The van der Waals surface area contributed by atoms with E-state index in [0.29, 0.717) is 5.92 Å². The predicted molar refractivity (Wildman–Crippen MR) is 68.7 cm³/mol. The van der Waals surface area contributed by atoms with Crippen LogP contribution in [0.4, 0.5) is 0 Å². The summed E-state index contributed by atoms with van der Waals surface area (Å²) in [7, 11) is 0. The molecule has 0 aromatic carbocycles. The largest absolute Gasteiger partial charge is 0.356 e. The average molecular weight is 250 g/mol. The third kappa shape index (κ3) is 6.30. The maximum Gasteiger partial charge on any atom is 0.216 e. The molecule has 1 fully saturated rings. The van der Waals surface area contributed by atoms with Crippen LogP contribution in [0.25, 0.3) is 0 Å². The van der Waals surface area contributed by atoms with Crippen LogP contribution in [0.5, 0.6) is 0 Å². The zero-order valence-electron chi connectivity index (χ0n) is 10.2. The van der Waals surface area contributed by atoms with Crippen molar-refractivity contribution in [3.63, 3.8) is 0 Å². The number of amides is 1. The number of nitrogens with zero attached hydrogens (tertiary/aromatic N) is 1. The minimum absolute atomic E-state index is 0. The van der Waals surface area contributed by atoms with Gasteiger partial charge < -0.3 is 16.0 Å². The molecule has 1 heterocycles. The number of hydrogen-bond acceptors (Lipinski definition) is 3. The van der Waals surface area contributed by atoms with Crippen LogP contribution in [0.1, 0.15) is 26.7 Å². The Morgan fingerprint density at radius 1 is 1.50 bits per heavy atom. The van der Waals surface area contributed by atoms with Crippen LogP contribution < -0.4 is 11.1 Å². The smallest absolute Gasteiger partial charge is 0.216 e. The number of halogens is 1. The molecule has 0 bridgehead atoms. The summed E-state index contributed by atoms with van der Waals surface area (Å²) in [5.41, 5.74) is 5.76. The Bertz CT molecular complexity index is 203. The number of nitrogens with one attached hydrogen (secondary N) is 1. The number of carbonyl (C=O) groups is 1. The van der Waals surface area contributed by atoms with Crippen molar-refractivity contribution < 1.29 is 4.79 Å². The van der Waals surface area contributed by atoms with E-state index < -0.39 is 0 Å². The van der Waals surface area contributed by atoms with E-state index >= 15 is 0 Å². The van der Waals surface area contributed by atoms with Crippen LogP contribution in [0.15, 0.2) is 0 Å². The zero-order valence-corrected chi connectivity index (χ0v) is 11.1. The molecule has 0 aromatic heterocycles. The van der Waals surface area contributed by atoms with Gasteiger partial charge in [-0.05, 0) is 38.8 Å². The summed E-state index contributed by atoms with van der Waals surface area (Å²) < 4.78 is 0. The molecule has 0 spiro atoms. The lowest BCUT2D eigenvalue weighted by Gasteiger charge is -2.32. The second kappa shape index (κ2) is 7.87. The Kier molecular flexibility index (Phi) is 7.72. The molecule has 0 aliphatic carbocycles. The summed E-state index contributed by atoms with van der Waals surface area (Å²) in [6, 6.07) is 0.261. The highest BCUT2D eigenvalue weighted by molar-refractivity contribution is 5.85. The average Bonchev–Trinajstić information content (AvgIpc) is 2.16. The molecule has 1 rings (SSSR count). The molecule has 1 aliphatic rings. The Balaban J connectivity index is 0.00000225. The number of hydrogen-bond donors (Lipinski definition) is 2. The SMILES string of the molecule is CC(=O)NCC1CCN(CC(C)N)CC1.Cl. The summed E-state index contributed by atoms with van der Waals surface area (Å²) in [4.78, 5) is 13.2. The standard InChI is InChI=1S/C11H23N3O.ClH/c1-9(12)8-14-5-3-11(4-6-14)7-13-10(2)15;/h9,11H,3-8,12H2,1-2H3,(H,13,15);1H. The maximum absolute atomic E-state index is 10.8. The van der Waals surface area contributed by atoms with Gasteiger partial charge in [0.2, 0.25) is 5.91 Å². The highest BCUT2D eigenvalue weighted by atomic mass is 35.5. The monoisotopic (exact) mass is 249 g/mol. The Morgan fingerprint density at radius 3 is 2.50 bits per heavy atom. The molecule has 1 atom stereocenters. The third-order valence-corrected chi connectivity index (χ3v) is 2.89. The second-order valence-corrected chi connectivity index (χ2v) is 4.66. The zero-order chi connectivity index (χ0) is 11.3. The van der Waals surface area contributed by atoms with Crippen molar-refractivity contribution in [1.29, 1.82) is 0 Å². The molecule has 0 saturated carbocycles. The lowest BCUT2D eigenvalue weighted by molar-refractivity contribution is -0.119. The van der Waals surface area contributed by atoms with Gasteiger partial charge in [0, 0.05) is 26.1 Å². The first kappa shape index (κ1) is 15.7. The van der Waals surface area contributed by atoms with Gasteiger partial charge in [0.05, 0.1) is 0 Å². The molecule has 1 aliphatic heterocycles. The predicted octanol–water partition coefficient (Wildman–Crippen LogP) is 0.603. The maximum atomic E-state index is 10.8. The van der Waals surface area contributed by atoms with Gasteiger partial charge in [-0.2, -0.15) is 0 Å². The molecule has 1 saturated heterocycles. The number of nitrogens with two attached hydrogens (primary N) is 1. The minimum atomic E-state index is 0. The van der Waals surface area contributed by atoms with Crippen molar-refractivity contribution in [3.05, 3.63) is 0 Å². The molecule has 5 heteroatoms. The van der Waals surface area contributed by atoms with Gasteiger partial charge in [-0.25, -0.2) is 0 Å². The first-order valence-corrected chi connectivity index (χ1v) is 5.80. The summed E-state index contributed by atoms with van der Waals surface area (Å²) in [5.74, 6) is 0.728. The van der Waals surface area contributed by atoms with Crippen LogP contribution in [0, 0.1) is 5.92 Å². The molecule has 4 nitrogen and oxygen atoms in total. The summed E-state index contributed by atoms with van der Waals surface area (Å²) in [5, 5.41) is 2.89. The van der Waals surface area contributed by atoms with Crippen molar-refractivity contribution >= 4 is 18.3 Å². The molecule has 1 amide bonds. The van der Waals surface area contributed by atoms with Crippen LogP contribution in [0.3, 0.4) is 0 Å². The van der Waals surface area contributed by atoms with E-state index in [1.165, 1.54) is 12.8 Å². The van der Waals surface area contributed by atoms with Crippen LogP contribution in [0.2, 0.25) is 0 Å². The molecule has 0 radical (unpaired) electrons. The molecule has 0 aromatic rings. The first-order valence-electron chi connectivity index (χ1n) is 5.80. The Hall–Kier alpha value is -0.320. The first-order chi connectivity index (χ1) is 7.08. The van der Waals surface area contributed by atoms with Gasteiger partial charge in [-0.15, -0.1) is 12.4 Å². The van der Waals surface area contributed by atoms with E-state index in [2.05, 4.69) is 10.2 Å². The Morgan fingerprint density at radius 2 is 2.06 bits per heavy atom. The van der Waals surface area contributed by atoms with Gasteiger partial charge in [0.25, 0.3) is 0 Å². The topological polar surface area (TPSA) is 58.4 Å². The lowest BCUT2D eigenvalue weighted by Crippen LogP contribution is -2.42. The number of carbonyl (C=O) groups excluding carboxylic acids is 1. The van der Waals surface area contributed by atoms with Crippen molar-refractivity contribution in [2.24, 2.45) is 11.7 Å². The van der Waals surface area contributed by atoms with E-state index in [1.807, 2.05) is 6.92 Å². The summed E-state index contributed by atoms with van der Waals surface area (Å²) in [6.45, 7) is 7.68. The number of likely N-dealkylation sites (tertiary alicyclic amines) is 1. The molecule has 3 N–H and O–H groups in total. The van der Waals surface area contributed by atoms with Crippen molar-refractivity contribution in [3.8, 4) is 0 Å². The van der Waals surface area contributed by atoms with Crippen LogP contribution in [-0.4, -0.2) is 43.0 Å². The van der Waals surface area contributed by atoms with Crippen molar-refractivity contribution in [1.82, 2.24) is 10.2 Å². The highest BCUT2D eigenvalue weighted by Crippen LogP contribution is 2.16. The van der Waals surface area contributed by atoms with Crippen molar-refractivity contribution in [2.45, 2.75) is 32.7 Å². The van der Waals surface area contributed by atoms with Gasteiger partial charge in [0.15, 0.2) is 0 Å². The van der Waals surface area contributed by atoms with E-state index in [-0.39, 0.29) is 24.4 Å². The van der Waals surface area contributed by atoms with Gasteiger partial charge >= 0.3 is 0 Å². The van der Waals surface area contributed by atoms with E-state index in [0.717, 1.165) is 26.2 Å². The number of piperidine rings is 1. The normalized spacial score (nSPS) is 19.9. The lowest BCUT2D eigenvalue weighted by atomic mass is 9.96. The van der Waals surface area contributed by atoms with Crippen LogP contribution >= 0.6 is 12.4 Å². The number of rotatable bonds is 4. The molecule has 96 valence electrons. The Labute approximate surface area is 104 Å². The summed E-state index contributed by atoms with van der Waals surface area (Å²) in [6.07, 6.45) is 2.35. The second-order valence-electron chi connectivity index (χ2n) is 4.66. The molecule has 1 unspecified atom stereocenters. The van der Waals surface area contributed by atoms with Gasteiger partial charge in [-0.3, -0.25) is 4.79 Å². The van der Waals surface area contributed by atoms with Gasteiger partial charge in [-0.1, -0.05) is 0 Å². The van der Waals surface area contributed by atoms with Crippen molar-refractivity contribution in [2.75, 3.05) is 26.2 Å². The fraction of sp³-hybridized carbons (Fsp3) is 0.909. The van der Waals surface area contributed by atoms with Crippen LogP contribution in [-0.2, 0) is 4.79 Å². The highest BCUT2D eigenvalue weighted by Gasteiger charge is 2.19. The molecule has 16 heavy (non-hydrogen) atoms. The fourth-order valence-corrected chi connectivity index (χ4v) is 2.07. The fourth-order valence-electron chi connectivity index (χ4n) is 2.07.